The minimum Gasteiger partial charge on any atom is -0.250 e. The zero-order chi connectivity index (χ0) is 27.9. The van der Waals surface area contributed by atoms with Gasteiger partial charge in [-0.25, -0.2) is 4.57 Å². The highest BCUT2D eigenvalue weighted by molar-refractivity contribution is 5.19. The van der Waals surface area contributed by atoms with Crippen LogP contribution < -0.4 is 4.57 Å². The summed E-state index contributed by atoms with van der Waals surface area (Å²) in [6.45, 7) is 2.30. The molecule has 0 spiro atoms. The Kier molecular flexibility index (Phi) is 17.2. The van der Waals surface area contributed by atoms with Gasteiger partial charge in [-0.15, -0.1) is 0 Å². The van der Waals surface area contributed by atoms with Crippen LogP contribution in [0.1, 0.15) is 140 Å². The third kappa shape index (κ3) is 13.8. The number of aromatic nitrogens is 2. The molecule has 2 nitrogen and oxygen atoms in total. The van der Waals surface area contributed by atoms with Gasteiger partial charge in [0.1, 0.15) is 18.4 Å². The topological polar surface area (TPSA) is 19.7 Å². The van der Waals surface area contributed by atoms with Crippen LogP contribution in [0.4, 0.5) is 0 Å². The van der Waals surface area contributed by atoms with E-state index in [1.54, 1.807) is 0 Å². The Balaban J connectivity index is 1.32. The molecule has 1 aromatic heterocycles. The van der Waals surface area contributed by atoms with Crippen LogP contribution in [0.3, 0.4) is 0 Å². The average molecular weight is 544 g/mol. The quantitative estimate of drug-likeness (QED) is 0.0856. The summed E-state index contributed by atoms with van der Waals surface area (Å²) in [6, 6.07) is 22.7. The summed E-state index contributed by atoms with van der Waals surface area (Å²) in [5.41, 5.74) is 2.90. The molecule has 0 fully saturated rings. The predicted octanol–water partition coefficient (Wildman–Crippen LogP) is 11.0. The molecular formula is C38H59N2+. The summed E-state index contributed by atoms with van der Waals surface area (Å²) in [5, 5.41) is 0. The zero-order valence-corrected chi connectivity index (χ0v) is 25.7. The highest BCUT2D eigenvalue weighted by Crippen LogP contribution is 2.27. The monoisotopic (exact) mass is 543 g/mol. The fourth-order valence-electron chi connectivity index (χ4n) is 6.39. The molecule has 0 saturated heterocycles. The third-order valence-electron chi connectivity index (χ3n) is 8.78. The van der Waals surface area contributed by atoms with Crippen molar-refractivity contribution in [2.75, 3.05) is 0 Å². The fourth-order valence-corrected chi connectivity index (χ4v) is 6.39. The van der Waals surface area contributed by atoms with E-state index in [1.165, 1.54) is 127 Å². The maximum atomic E-state index is 3.31. The van der Waals surface area contributed by atoms with Gasteiger partial charge in [-0.1, -0.05) is 170 Å². The summed E-state index contributed by atoms with van der Waals surface area (Å²) in [6.07, 6.45) is 34.3. The fraction of sp³-hybridized carbons (Fsp3) is 0.605. The van der Waals surface area contributed by atoms with E-state index in [-0.39, 0.29) is 0 Å². The van der Waals surface area contributed by atoms with Crippen LogP contribution in [-0.2, 0) is 12.8 Å². The number of H-pyrrole nitrogens is 1. The van der Waals surface area contributed by atoms with Crippen LogP contribution in [0.2, 0.25) is 0 Å². The number of hydrogen-bond donors (Lipinski definition) is 1. The van der Waals surface area contributed by atoms with E-state index in [4.69, 9.17) is 0 Å². The molecule has 0 radical (unpaired) electrons. The van der Waals surface area contributed by atoms with Gasteiger partial charge in [-0.2, -0.15) is 0 Å². The molecule has 0 saturated carbocycles. The second kappa shape index (κ2) is 21.4. The predicted molar refractivity (Wildman–Crippen MR) is 173 cm³/mol. The smallest absolute Gasteiger partial charge is 0.241 e. The number of rotatable bonds is 24. The van der Waals surface area contributed by atoms with Gasteiger partial charge in [-0.05, 0) is 36.8 Å². The first kappa shape index (κ1) is 32.2. The Labute approximate surface area is 247 Å². The lowest BCUT2D eigenvalue weighted by Gasteiger charge is -2.25. The van der Waals surface area contributed by atoms with E-state index in [0.717, 1.165) is 12.8 Å². The van der Waals surface area contributed by atoms with E-state index < -0.39 is 0 Å². The van der Waals surface area contributed by atoms with Crippen LogP contribution in [0, 0.1) is 5.92 Å². The second-order valence-electron chi connectivity index (χ2n) is 12.2. The van der Waals surface area contributed by atoms with Crippen LogP contribution in [-0.4, -0.2) is 4.98 Å². The molecular weight excluding hydrogens is 484 g/mol. The number of aromatic amines is 1. The highest BCUT2D eigenvalue weighted by atomic mass is 15.1. The molecule has 1 heterocycles. The van der Waals surface area contributed by atoms with Gasteiger partial charge in [0.25, 0.3) is 0 Å². The van der Waals surface area contributed by atoms with Crippen molar-refractivity contribution in [2.45, 2.75) is 141 Å². The molecule has 1 N–H and O–H groups in total. The summed E-state index contributed by atoms with van der Waals surface area (Å²) in [7, 11) is 0. The standard InChI is InChI=1S/C38H58N2/c1-2-3-4-5-6-7-8-9-10-11-12-13-14-15-16-17-24-29-38(40-31-30-39-34-40)37(32-35-25-20-18-21-26-35)33-36-27-22-19-23-28-36/h18-23,25-28,30-31,34,37-38H,2-17,24,29,32-33H2,1H3/p+1. The molecule has 1 atom stereocenters. The van der Waals surface area contributed by atoms with E-state index in [2.05, 4.69) is 95.9 Å². The van der Waals surface area contributed by atoms with Crippen molar-refractivity contribution in [1.29, 1.82) is 0 Å². The lowest BCUT2D eigenvalue weighted by Crippen LogP contribution is -2.43. The Bertz CT molecular complexity index is 893. The second-order valence-corrected chi connectivity index (χ2v) is 12.2. The minimum atomic E-state index is 0.517. The zero-order valence-electron chi connectivity index (χ0n) is 25.7. The van der Waals surface area contributed by atoms with Gasteiger partial charge in [0.15, 0.2) is 0 Å². The van der Waals surface area contributed by atoms with E-state index in [1.807, 2.05) is 0 Å². The lowest BCUT2D eigenvalue weighted by atomic mass is 9.84. The van der Waals surface area contributed by atoms with E-state index in [9.17, 15) is 0 Å². The Morgan fingerprint density at radius 2 is 0.975 bits per heavy atom. The highest BCUT2D eigenvalue weighted by Gasteiger charge is 2.27. The molecule has 220 valence electrons. The number of unbranched alkanes of at least 4 members (excludes halogenated alkanes) is 16. The SMILES string of the molecule is CCCCCCCCCCCCCCCCCCCC(C(Cc1ccccc1)Cc1ccccc1)[n+]1cc[nH]c1. The van der Waals surface area contributed by atoms with Gasteiger partial charge in [0, 0.05) is 5.92 Å². The third-order valence-corrected chi connectivity index (χ3v) is 8.78. The van der Waals surface area contributed by atoms with Gasteiger partial charge >= 0.3 is 0 Å². The Morgan fingerprint density at radius 1 is 0.550 bits per heavy atom. The van der Waals surface area contributed by atoms with Crippen molar-refractivity contribution in [3.05, 3.63) is 90.5 Å². The molecule has 3 rings (SSSR count). The molecule has 40 heavy (non-hydrogen) atoms. The maximum absolute atomic E-state index is 3.31. The summed E-state index contributed by atoms with van der Waals surface area (Å²) in [5.74, 6) is 0.576. The van der Waals surface area contributed by atoms with Crippen LogP contribution in [0.25, 0.3) is 0 Å². The van der Waals surface area contributed by atoms with E-state index in [0.29, 0.717) is 12.0 Å². The first-order valence-corrected chi connectivity index (χ1v) is 17.0. The summed E-state index contributed by atoms with van der Waals surface area (Å²) in [4.78, 5) is 3.31. The number of nitrogens with one attached hydrogen (secondary N) is 1. The molecule has 2 heteroatoms. The molecule has 0 aliphatic rings. The molecule has 1 unspecified atom stereocenters. The molecule has 0 bridgehead atoms. The first-order valence-electron chi connectivity index (χ1n) is 17.0. The largest absolute Gasteiger partial charge is 0.250 e. The number of imidazole rings is 1. The maximum Gasteiger partial charge on any atom is 0.241 e. The van der Waals surface area contributed by atoms with Crippen molar-refractivity contribution >= 4 is 0 Å². The Hall–Kier alpha value is -2.35. The number of hydrogen-bond acceptors (Lipinski definition) is 0. The summed E-state index contributed by atoms with van der Waals surface area (Å²) >= 11 is 0. The summed E-state index contributed by atoms with van der Waals surface area (Å²) < 4.78 is 2.45. The minimum absolute atomic E-state index is 0.517. The molecule has 3 aromatic rings. The normalized spacial score (nSPS) is 12.2. The van der Waals surface area contributed by atoms with Crippen molar-refractivity contribution < 1.29 is 4.57 Å². The molecule has 2 aromatic carbocycles. The van der Waals surface area contributed by atoms with Crippen molar-refractivity contribution in [2.24, 2.45) is 5.92 Å². The van der Waals surface area contributed by atoms with Crippen molar-refractivity contribution in [3.63, 3.8) is 0 Å². The number of benzene rings is 2. The lowest BCUT2D eigenvalue weighted by molar-refractivity contribution is -0.729. The van der Waals surface area contributed by atoms with Crippen LogP contribution in [0.5, 0.6) is 0 Å². The molecule has 0 aliphatic carbocycles. The molecule has 0 amide bonds. The van der Waals surface area contributed by atoms with E-state index >= 15 is 0 Å². The van der Waals surface area contributed by atoms with Gasteiger partial charge in [0.2, 0.25) is 6.33 Å². The number of nitrogens with zero attached hydrogens (tertiary/aromatic N) is 1. The molecule has 0 aliphatic heterocycles. The average Bonchev–Trinajstić information content (AvgIpc) is 3.52. The van der Waals surface area contributed by atoms with Gasteiger partial charge in [0.05, 0.1) is 0 Å². The first-order chi connectivity index (χ1) is 19.9. The van der Waals surface area contributed by atoms with Crippen molar-refractivity contribution in [1.82, 2.24) is 4.98 Å². The van der Waals surface area contributed by atoms with Crippen molar-refractivity contribution in [3.8, 4) is 0 Å². The Morgan fingerprint density at radius 3 is 1.38 bits per heavy atom. The van der Waals surface area contributed by atoms with Gasteiger partial charge < -0.3 is 0 Å². The van der Waals surface area contributed by atoms with Crippen LogP contribution >= 0.6 is 0 Å². The van der Waals surface area contributed by atoms with Gasteiger partial charge in [-0.3, -0.25) is 4.98 Å². The van der Waals surface area contributed by atoms with Crippen LogP contribution in [0.15, 0.2) is 79.4 Å².